The molecule has 1 fully saturated rings. The van der Waals surface area contributed by atoms with Crippen LogP contribution in [0.25, 0.3) is 5.57 Å². The van der Waals surface area contributed by atoms with Gasteiger partial charge in [-0.05, 0) is 43.5 Å². The Morgan fingerprint density at radius 2 is 1.70 bits per heavy atom. The van der Waals surface area contributed by atoms with E-state index in [1.54, 1.807) is 24.3 Å². The van der Waals surface area contributed by atoms with Gasteiger partial charge in [-0.1, -0.05) is 53.9 Å². The van der Waals surface area contributed by atoms with Gasteiger partial charge >= 0.3 is 0 Å². The van der Waals surface area contributed by atoms with Gasteiger partial charge in [0.25, 0.3) is 5.91 Å². The fourth-order valence-corrected chi connectivity index (χ4v) is 5.13. The van der Waals surface area contributed by atoms with Crippen molar-refractivity contribution in [1.82, 2.24) is 0 Å². The number of benzene rings is 2. The van der Waals surface area contributed by atoms with E-state index in [9.17, 15) is 9.59 Å². The lowest BCUT2D eigenvalue weighted by atomic mass is 9.80. The molecule has 2 atom stereocenters. The molecule has 152 valence electrons. The monoisotopic (exact) mass is 439 g/mol. The number of para-hydroxylation sites is 2. The van der Waals surface area contributed by atoms with Crippen LogP contribution in [0.3, 0.4) is 0 Å². The predicted octanol–water partition coefficient (Wildman–Crippen LogP) is 6.10. The third-order valence-electron chi connectivity index (χ3n) is 6.02. The van der Waals surface area contributed by atoms with Crippen LogP contribution in [0.1, 0.15) is 31.2 Å². The number of allylic oxidation sites excluding steroid dienone is 2. The first-order valence-electron chi connectivity index (χ1n) is 10.1. The highest BCUT2D eigenvalue weighted by atomic mass is 35.5. The van der Waals surface area contributed by atoms with Crippen LogP contribution in [0.4, 0.5) is 11.4 Å². The zero-order chi connectivity index (χ0) is 20.8. The molecule has 1 aliphatic carbocycles. The highest BCUT2D eigenvalue weighted by molar-refractivity contribution is 6.44. The molecule has 6 heteroatoms. The van der Waals surface area contributed by atoms with Crippen LogP contribution in [0.5, 0.6) is 0 Å². The van der Waals surface area contributed by atoms with Crippen molar-refractivity contribution in [3.63, 3.8) is 0 Å². The van der Waals surface area contributed by atoms with Gasteiger partial charge < -0.3 is 4.74 Å². The van der Waals surface area contributed by atoms with Gasteiger partial charge in [-0.3, -0.25) is 14.5 Å². The normalized spacial score (nSPS) is 24.4. The van der Waals surface area contributed by atoms with Gasteiger partial charge in [0, 0.05) is 5.56 Å². The molecule has 3 aliphatic rings. The quantitative estimate of drug-likeness (QED) is 0.531. The molecule has 2 unspecified atom stereocenters. The van der Waals surface area contributed by atoms with Crippen molar-refractivity contribution < 1.29 is 14.3 Å². The molecule has 4 nitrogen and oxygen atoms in total. The summed E-state index contributed by atoms with van der Waals surface area (Å²) in [5.74, 6) is -0.347. The topological polar surface area (TPSA) is 46.6 Å². The number of hydrogen-bond acceptors (Lipinski definition) is 3. The van der Waals surface area contributed by atoms with Crippen molar-refractivity contribution in [3.05, 3.63) is 76.0 Å². The minimum Gasteiger partial charge on any atom is -0.497 e. The summed E-state index contributed by atoms with van der Waals surface area (Å²) in [4.78, 5) is 28.1. The fourth-order valence-electron chi connectivity index (χ4n) is 4.56. The van der Waals surface area contributed by atoms with Crippen LogP contribution in [-0.4, -0.2) is 17.8 Å². The standard InChI is InChI=1S/C24H19Cl2NO3/c25-18-8-5-9-19(26)22(18)27-20-10-3-1-6-15(20)17(24(27)29)12-14-13-30-21-11-4-2-7-16(21)23(14)28/h1,3,5-6,8-10,12-13,16,21H,2,4,7,11H2/b17-12+. The van der Waals surface area contributed by atoms with E-state index in [-0.39, 0.29) is 23.7 Å². The van der Waals surface area contributed by atoms with E-state index >= 15 is 0 Å². The third-order valence-corrected chi connectivity index (χ3v) is 6.63. The Morgan fingerprint density at radius 3 is 2.50 bits per heavy atom. The van der Waals surface area contributed by atoms with Crippen LogP contribution >= 0.6 is 23.2 Å². The smallest absolute Gasteiger partial charge is 0.263 e. The van der Waals surface area contributed by atoms with Crippen molar-refractivity contribution in [2.45, 2.75) is 31.8 Å². The molecule has 0 bridgehead atoms. The van der Waals surface area contributed by atoms with Crippen LogP contribution in [0.2, 0.25) is 10.0 Å². The number of anilines is 2. The van der Waals surface area contributed by atoms with Gasteiger partial charge in [0.05, 0.1) is 44.7 Å². The molecule has 2 heterocycles. The predicted molar refractivity (Wildman–Crippen MR) is 118 cm³/mol. The maximum atomic E-state index is 13.5. The summed E-state index contributed by atoms with van der Waals surface area (Å²) < 4.78 is 5.85. The average Bonchev–Trinajstić information content (AvgIpc) is 3.02. The lowest BCUT2D eigenvalue weighted by Crippen LogP contribution is -2.36. The van der Waals surface area contributed by atoms with Crippen molar-refractivity contribution in [1.29, 1.82) is 0 Å². The summed E-state index contributed by atoms with van der Waals surface area (Å²) >= 11 is 12.8. The van der Waals surface area contributed by atoms with Crippen molar-refractivity contribution >= 4 is 51.8 Å². The molecule has 2 aromatic carbocycles. The van der Waals surface area contributed by atoms with Gasteiger partial charge in [0.15, 0.2) is 5.78 Å². The highest BCUT2D eigenvalue weighted by Gasteiger charge is 2.39. The Morgan fingerprint density at radius 1 is 0.967 bits per heavy atom. The minimum absolute atomic E-state index is 0.0432. The number of hydrogen-bond donors (Lipinski definition) is 0. The number of carbonyl (C=O) groups excluding carboxylic acids is 2. The molecule has 0 N–H and O–H groups in total. The summed E-state index contributed by atoms with van der Waals surface area (Å²) in [6.45, 7) is 0. The maximum Gasteiger partial charge on any atom is 0.263 e. The number of halogens is 2. The Balaban J connectivity index is 1.59. The van der Waals surface area contributed by atoms with Gasteiger partial charge in [0.2, 0.25) is 0 Å². The zero-order valence-electron chi connectivity index (χ0n) is 16.1. The second kappa shape index (κ2) is 7.60. The summed E-state index contributed by atoms with van der Waals surface area (Å²) in [6, 6.07) is 12.6. The summed E-state index contributed by atoms with van der Waals surface area (Å²) in [6.07, 6.45) is 6.96. The Hall–Kier alpha value is -2.56. The number of amides is 1. The molecular weight excluding hydrogens is 421 g/mol. The number of ether oxygens (including phenoxy) is 1. The number of rotatable bonds is 2. The molecule has 0 saturated heterocycles. The van der Waals surface area contributed by atoms with Crippen LogP contribution in [0.15, 0.2) is 60.4 Å². The first kappa shape index (κ1) is 19.4. The van der Waals surface area contributed by atoms with E-state index in [0.717, 1.165) is 31.2 Å². The Labute approximate surface area is 184 Å². The molecule has 0 spiro atoms. The number of fused-ring (bicyclic) bond motifs is 2. The summed E-state index contributed by atoms with van der Waals surface area (Å²) in [7, 11) is 0. The SMILES string of the molecule is O=C1C(/C=C2/C(=O)N(c3c(Cl)cccc3Cl)c3ccccc32)=COC2CCCCC12. The van der Waals surface area contributed by atoms with E-state index in [1.807, 2.05) is 24.3 Å². The number of Topliss-reactive ketones (excluding diaryl/α,β-unsaturated/α-hetero) is 1. The van der Waals surface area contributed by atoms with E-state index in [1.165, 1.54) is 11.2 Å². The van der Waals surface area contributed by atoms with Crippen molar-refractivity contribution in [2.24, 2.45) is 5.92 Å². The number of ketones is 1. The number of nitrogens with zero attached hydrogens (tertiary/aromatic N) is 1. The Bertz CT molecular complexity index is 1100. The minimum atomic E-state index is -0.273. The fraction of sp³-hybridized carbons (Fsp3) is 0.250. The van der Waals surface area contributed by atoms with Crippen LogP contribution < -0.4 is 4.90 Å². The number of carbonyl (C=O) groups is 2. The van der Waals surface area contributed by atoms with Crippen molar-refractivity contribution in [2.75, 3.05) is 4.90 Å². The van der Waals surface area contributed by atoms with Gasteiger partial charge in [-0.25, -0.2) is 0 Å². The zero-order valence-corrected chi connectivity index (χ0v) is 17.6. The molecule has 2 aliphatic heterocycles. The van der Waals surface area contributed by atoms with Gasteiger partial charge in [-0.2, -0.15) is 0 Å². The largest absolute Gasteiger partial charge is 0.497 e. The first-order chi connectivity index (χ1) is 14.6. The van der Waals surface area contributed by atoms with E-state index in [4.69, 9.17) is 27.9 Å². The highest BCUT2D eigenvalue weighted by Crippen LogP contribution is 2.47. The summed E-state index contributed by atoms with van der Waals surface area (Å²) in [5.41, 5.74) is 2.72. The second-order valence-electron chi connectivity index (χ2n) is 7.79. The average molecular weight is 440 g/mol. The molecule has 2 aromatic rings. The second-order valence-corrected chi connectivity index (χ2v) is 8.60. The first-order valence-corrected chi connectivity index (χ1v) is 10.8. The maximum absolute atomic E-state index is 13.5. The molecule has 1 amide bonds. The van der Waals surface area contributed by atoms with Gasteiger partial charge in [-0.15, -0.1) is 0 Å². The molecular formula is C24H19Cl2NO3. The molecule has 30 heavy (non-hydrogen) atoms. The van der Waals surface area contributed by atoms with Crippen LogP contribution in [0, 0.1) is 5.92 Å². The molecule has 0 radical (unpaired) electrons. The lowest BCUT2D eigenvalue weighted by Gasteiger charge is -2.33. The molecule has 5 rings (SSSR count). The van der Waals surface area contributed by atoms with Crippen LogP contribution in [-0.2, 0) is 14.3 Å². The molecule has 0 aromatic heterocycles. The summed E-state index contributed by atoms with van der Waals surface area (Å²) in [5, 5.41) is 0.765. The van der Waals surface area contributed by atoms with Gasteiger partial charge in [0.1, 0.15) is 6.10 Å². The van der Waals surface area contributed by atoms with Crippen molar-refractivity contribution in [3.8, 4) is 0 Å². The third kappa shape index (κ3) is 3.06. The van der Waals surface area contributed by atoms with E-state index in [0.29, 0.717) is 32.6 Å². The van der Waals surface area contributed by atoms with E-state index < -0.39 is 0 Å². The van der Waals surface area contributed by atoms with E-state index in [2.05, 4.69) is 0 Å². The lowest BCUT2D eigenvalue weighted by molar-refractivity contribution is -0.126. The Kier molecular flexibility index (Phi) is 4.92. The molecule has 1 saturated carbocycles.